The maximum absolute atomic E-state index is 14.4. The molecule has 0 aromatic heterocycles. The summed E-state index contributed by atoms with van der Waals surface area (Å²) in [4.78, 5) is 73.6. The van der Waals surface area contributed by atoms with Crippen molar-refractivity contribution in [1.29, 1.82) is 0 Å². The van der Waals surface area contributed by atoms with Gasteiger partial charge in [-0.15, -0.1) is 0 Å². The standard InChI is InChI=1S/C43H74N6O8/c1-13-29(6)38(48(10)42(53)36(27(2)3)46-41(52)37(28(4)5)47(9)23-18-22-44-8)34(56-11)26-35(50)49-24-17-21-33(49)39(57-12)30(7)40(51)45-32(43(54)55)25-31-19-15-14-16-20-31/h14-16,19-20,27-30,32-34,36-39,44H,13,17-18,21-26H2,1-12H3,(H,45,51)(H,46,52)(H,54,55). The second-order valence-electron chi connectivity index (χ2n) is 16.5. The molecular weight excluding hydrogens is 729 g/mol. The van der Waals surface area contributed by atoms with Gasteiger partial charge in [0, 0.05) is 34.2 Å². The molecule has 0 spiro atoms. The van der Waals surface area contributed by atoms with Crippen molar-refractivity contribution in [1.82, 2.24) is 30.7 Å². The molecule has 4 amide bonds. The molecule has 1 saturated heterocycles. The maximum Gasteiger partial charge on any atom is 0.326 e. The number of amides is 4. The predicted molar refractivity (Wildman–Crippen MR) is 222 cm³/mol. The Kier molecular flexibility index (Phi) is 21.2. The summed E-state index contributed by atoms with van der Waals surface area (Å²) >= 11 is 0. The van der Waals surface area contributed by atoms with E-state index in [-0.39, 0.29) is 48.3 Å². The number of benzene rings is 1. The molecule has 9 unspecified atom stereocenters. The minimum Gasteiger partial charge on any atom is -0.480 e. The molecule has 0 aliphatic carbocycles. The Bertz CT molecular complexity index is 1410. The van der Waals surface area contributed by atoms with E-state index in [2.05, 4.69) is 16.0 Å². The molecule has 1 aromatic rings. The van der Waals surface area contributed by atoms with Gasteiger partial charge in [-0.25, -0.2) is 4.79 Å². The van der Waals surface area contributed by atoms with Crippen LogP contribution in [-0.4, -0.2) is 147 Å². The van der Waals surface area contributed by atoms with Crippen molar-refractivity contribution in [3.05, 3.63) is 35.9 Å². The number of carboxylic acids is 1. The number of ether oxygens (including phenoxy) is 2. The van der Waals surface area contributed by atoms with E-state index < -0.39 is 60.2 Å². The van der Waals surface area contributed by atoms with Crippen molar-refractivity contribution in [3.8, 4) is 0 Å². The zero-order valence-corrected chi connectivity index (χ0v) is 36.7. The van der Waals surface area contributed by atoms with E-state index in [1.54, 1.807) is 30.9 Å². The number of methoxy groups -OCH3 is 2. The van der Waals surface area contributed by atoms with Crippen molar-refractivity contribution >= 4 is 29.6 Å². The summed E-state index contributed by atoms with van der Waals surface area (Å²) in [7, 11) is 8.61. The lowest BCUT2D eigenvalue weighted by molar-refractivity contribution is -0.148. The molecule has 0 radical (unpaired) electrons. The summed E-state index contributed by atoms with van der Waals surface area (Å²) in [6.07, 6.45) is 1.68. The van der Waals surface area contributed by atoms with Crippen LogP contribution in [0.15, 0.2) is 30.3 Å². The third-order valence-electron chi connectivity index (χ3n) is 11.7. The van der Waals surface area contributed by atoms with Crippen LogP contribution < -0.4 is 16.0 Å². The highest BCUT2D eigenvalue weighted by Gasteiger charge is 2.43. The molecule has 14 nitrogen and oxygen atoms in total. The normalized spacial score (nSPS) is 18.7. The highest BCUT2D eigenvalue weighted by Crippen LogP contribution is 2.30. The third-order valence-corrected chi connectivity index (χ3v) is 11.7. The van der Waals surface area contributed by atoms with Crippen LogP contribution in [0, 0.1) is 23.7 Å². The number of rotatable bonds is 25. The van der Waals surface area contributed by atoms with Crippen molar-refractivity contribution < 1.29 is 38.6 Å². The summed E-state index contributed by atoms with van der Waals surface area (Å²) in [5.41, 5.74) is 0.785. The zero-order chi connectivity index (χ0) is 43.0. The number of carbonyl (C=O) groups is 5. The van der Waals surface area contributed by atoms with Gasteiger partial charge in [-0.1, -0.05) is 85.2 Å². The Labute approximate surface area is 342 Å². The van der Waals surface area contributed by atoms with Gasteiger partial charge < -0.3 is 40.3 Å². The van der Waals surface area contributed by atoms with E-state index in [9.17, 15) is 29.1 Å². The average Bonchev–Trinajstić information content (AvgIpc) is 3.66. The molecule has 14 heteroatoms. The van der Waals surface area contributed by atoms with Gasteiger partial charge in [0.25, 0.3) is 0 Å². The second-order valence-corrected chi connectivity index (χ2v) is 16.5. The third kappa shape index (κ3) is 14.0. The number of aliphatic carboxylic acids is 1. The number of nitrogens with zero attached hydrogens (tertiary/aromatic N) is 3. The van der Waals surface area contributed by atoms with Crippen LogP contribution in [0.2, 0.25) is 0 Å². The second kappa shape index (κ2) is 24.4. The van der Waals surface area contributed by atoms with Gasteiger partial charge in [-0.2, -0.15) is 0 Å². The summed E-state index contributed by atoms with van der Waals surface area (Å²) in [6.45, 7) is 15.6. The van der Waals surface area contributed by atoms with Crippen molar-refractivity contribution in [2.24, 2.45) is 23.7 Å². The highest BCUT2D eigenvalue weighted by atomic mass is 16.5. The lowest BCUT2D eigenvalue weighted by Gasteiger charge is -2.41. The molecule has 1 aromatic carbocycles. The van der Waals surface area contributed by atoms with Gasteiger partial charge in [0.1, 0.15) is 12.1 Å². The first-order valence-electron chi connectivity index (χ1n) is 20.8. The predicted octanol–water partition coefficient (Wildman–Crippen LogP) is 3.43. The quantitative estimate of drug-likeness (QED) is 0.108. The highest BCUT2D eigenvalue weighted by molar-refractivity contribution is 5.90. The van der Waals surface area contributed by atoms with E-state index in [0.29, 0.717) is 25.8 Å². The molecule has 324 valence electrons. The first-order valence-corrected chi connectivity index (χ1v) is 20.8. The number of likely N-dealkylation sites (tertiary alicyclic amines) is 1. The molecule has 57 heavy (non-hydrogen) atoms. The maximum atomic E-state index is 14.4. The summed E-state index contributed by atoms with van der Waals surface area (Å²) in [5, 5.41) is 18.8. The Morgan fingerprint density at radius 1 is 0.930 bits per heavy atom. The van der Waals surface area contributed by atoms with Crippen LogP contribution >= 0.6 is 0 Å². The van der Waals surface area contributed by atoms with Gasteiger partial charge in [-0.3, -0.25) is 24.1 Å². The van der Waals surface area contributed by atoms with Crippen LogP contribution in [0.25, 0.3) is 0 Å². The fourth-order valence-corrected chi connectivity index (χ4v) is 8.29. The molecule has 1 aliphatic rings. The number of hydrogen-bond acceptors (Lipinski definition) is 9. The number of carboxylic acid groups (broad SMARTS) is 1. The zero-order valence-electron chi connectivity index (χ0n) is 36.7. The SMILES string of the molecule is CCC(C)C(C(CC(=O)N1CCCC1C(OC)C(C)C(=O)NC(Cc1ccccc1)C(=O)O)OC)N(C)C(=O)C(NC(=O)C(C(C)C)N(C)CCCNC)C(C)C. The molecule has 1 heterocycles. The van der Waals surface area contributed by atoms with Crippen LogP contribution in [0.1, 0.15) is 86.1 Å². The van der Waals surface area contributed by atoms with E-state index >= 15 is 0 Å². The van der Waals surface area contributed by atoms with Crippen molar-refractivity contribution in [2.75, 3.05) is 55.0 Å². The lowest BCUT2D eigenvalue weighted by atomic mass is 9.89. The first-order chi connectivity index (χ1) is 26.9. The van der Waals surface area contributed by atoms with Crippen LogP contribution in [0.3, 0.4) is 0 Å². The van der Waals surface area contributed by atoms with E-state index in [0.717, 1.165) is 25.1 Å². The van der Waals surface area contributed by atoms with Crippen LogP contribution in [0.4, 0.5) is 0 Å². The fourth-order valence-electron chi connectivity index (χ4n) is 8.29. The summed E-state index contributed by atoms with van der Waals surface area (Å²) in [5.74, 6) is -3.22. The molecule has 1 fully saturated rings. The number of likely N-dealkylation sites (N-methyl/N-ethyl adjacent to an activating group) is 2. The topological polar surface area (TPSA) is 170 Å². The average molecular weight is 803 g/mol. The molecule has 9 atom stereocenters. The minimum atomic E-state index is -1.14. The van der Waals surface area contributed by atoms with Crippen LogP contribution in [-0.2, 0) is 39.9 Å². The molecule has 2 rings (SSSR count). The molecule has 0 saturated carbocycles. The Hall–Kier alpha value is -3.59. The summed E-state index contributed by atoms with van der Waals surface area (Å²) < 4.78 is 11.9. The van der Waals surface area contributed by atoms with E-state index in [4.69, 9.17) is 9.47 Å². The molecule has 0 bridgehead atoms. The summed E-state index contributed by atoms with van der Waals surface area (Å²) in [6, 6.07) is 5.86. The van der Waals surface area contributed by atoms with Gasteiger partial charge in [0.05, 0.1) is 42.7 Å². The Balaban J connectivity index is 2.27. The largest absolute Gasteiger partial charge is 0.480 e. The van der Waals surface area contributed by atoms with Crippen LogP contribution in [0.5, 0.6) is 0 Å². The smallest absolute Gasteiger partial charge is 0.326 e. The lowest BCUT2D eigenvalue weighted by Crippen LogP contribution is -2.60. The van der Waals surface area contributed by atoms with E-state index in [1.807, 2.05) is 90.9 Å². The number of carbonyl (C=O) groups excluding carboxylic acids is 4. The first kappa shape index (κ1) is 49.6. The van der Waals surface area contributed by atoms with E-state index in [1.165, 1.54) is 7.11 Å². The monoisotopic (exact) mass is 803 g/mol. The van der Waals surface area contributed by atoms with Gasteiger partial charge >= 0.3 is 5.97 Å². The van der Waals surface area contributed by atoms with Crippen molar-refractivity contribution in [2.45, 2.75) is 129 Å². The Morgan fingerprint density at radius 2 is 1.58 bits per heavy atom. The fraction of sp³-hybridized carbons (Fsp3) is 0.744. The van der Waals surface area contributed by atoms with Gasteiger partial charge in [0.15, 0.2) is 0 Å². The van der Waals surface area contributed by atoms with Gasteiger partial charge in [-0.05, 0) is 69.8 Å². The molecule has 4 N–H and O–H groups in total. The molecule has 1 aliphatic heterocycles. The number of hydrogen-bond donors (Lipinski definition) is 4. The molecular formula is C43H74N6O8. The van der Waals surface area contributed by atoms with Crippen molar-refractivity contribution in [3.63, 3.8) is 0 Å². The number of nitrogens with one attached hydrogen (secondary N) is 3. The Morgan fingerprint density at radius 3 is 2.11 bits per heavy atom. The minimum absolute atomic E-state index is 0.0135. The van der Waals surface area contributed by atoms with Gasteiger partial charge in [0.2, 0.25) is 23.6 Å².